The summed E-state index contributed by atoms with van der Waals surface area (Å²) < 4.78 is 0. The van der Waals surface area contributed by atoms with Gasteiger partial charge in [-0.25, -0.2) is 0 Å². The predicted octanol–water partition coefficient (Wildman–Crippen LogP) is 0.0372. The van der Waals surface area contributed by atoms with Gasteiger partial charge in [-0.1, -0.05) is 6.92 Å². The lowest BCUT2D eigenvalue weighted by Gasteiger charge is -2.32. The molecule has 0 radical (unpaired) electrons. The zero-order valence-electron chi connectivity index (χ0n) is 8.09. The molecular weight excluding hydrogens is 168 g/mol. The van der Waals surface area contributed by atoms with Gasteiger partial charge in [0.25, 0.3) is 0 Å². The second-order valence-corrected chi connectivity index (χ2v) is 3.61. The molecule has 4 nitrogen and oxygen atoms in total. The van der Waals surface area contributed by atoms with Gasteiger partial charge in [0.15, 0.2) is 0 Å². The van der Waals surface area contributed by atoms with E-state index >= 15 is 0 Å². The summed E-state index contributed by atoms with van der Waals surface area (Å²) in [6.07, 6.45) is 1.98. The molecule has 0 aromatic heterocycles. The van der Waals surface area contributed by atoms with Crippen LogP contribution >= 0.6 is 0 Å². The Balaban J connectivity index is 2.21. The topological polar surface area (TPSA) is 58.2 Å². The normalized spacial score (nSPS) is 26.0. The summed E-state index contributed by atoms with van der Waals surface area (Å²) in [5.74, 6) is -0.347. The maximum atomic E-state index is 11.1. The van der Waals surface area contributed by atoms with Crippen molar-refractivity contribution < 1.29 is 9.59 Å². The smallest absolute Gasteiger partial charge is 0.309 e. The number of hydrogen-bond acceptors (Lipinski definition) is 2. The van der Waals surface area contributed by atoms with E-state index in [0.29, 0.717) is 12.5 Å². The van der Waals surface area contributed by atoms with E-state index in [9.17, 15) is 9.59 Å². The minimum absolute atomic E-state index is 0.213. The summed E-state index contributed by atoms with van der Waals surface area (Å²) in [5, 5.41) is 5.14. The van der Waals surface area contributed by atoms with Crippen LogP contribution in [0.2, 0.25) is 0 Å². The third kappa shape index (κ3) is 2.72. The zero-order chi connectivity index (χ0) is 9.84. The molecule has 0 aliphatic heterocycles. The highest BCUT2D eigenvalue weighted by Crippen LogP contribution is 2.25. The van der Waals surface area contributed by atoms with Gasteiger partial charge >= 0.3 is 11.8 Å². The molecule has 1 aliphatic carbocycles. The van der Waals surface area contributed by atoms with Crippen molar-refractivity contribution in [2.75, 3.05) is 6.54 Å². The van der Waals surface area contributed by atoms with E-state index < -0.39 is 11.8 Å². The molecule has 2 N–H and O–H groups in total. The molecule has 0 saturated heterocycles. The van der Waals surface area contributed by atoms with Gasteiger partial charge in [0.2, 0.25) is 0 Å². The van der Waals surface area contributed by atoms with Crippen LogP contribution in [-0.2, 0) is 9.59 Å². The van der Waals surface area contributed by atoms with E-state index in [2.05, 4.69) is 17.6 Å². The van der Waals surface area contributed by atoms with E-state index in [4.69, 9.17) is 0 Å². The highest BCUT2D eigenvalue weighted by atomic mass is 16.2. The van der Waals surface area contributed by atoms with E-state index in [1.807, 2.05) is 0 Å². The van der Waals surface area contributed by atoms with Crippen LogP contribution in [0, 0.1) is 5.92 Å². The number of amides is 2. The fourth-order valence-electron chi connectivity index (χ4n) is 1.51. The Labute approximate surface area is 78.1 Å². The van der Waals surface area contributed by atoms with Crippen LogP contribution in [0.3, 0.4) is 0 Å². The third-order valence-electron chi connectivity index (χ3n) is 2.25. The summed E-state index contributed by atoms with van der Waals surface area (Å²) in [6.45, 7) is 4.42. The molecule has 1 rings (SSSR count). The monoisotopic (exact) mass is 184 g/mol. The number of carbonyl (C=O) groups is 2. The van der Waals surface area contributed by atoms with Crippen LogP contribution in [0.4, 0.5) is 0 Å². The summed E-state index contributed by atoms with van der Waals surface area (Å²) >= 11 is 0. The molecule has 0 spiro atoms. The van der Waals surface area contributed by atoms with Crippen molar-refractivity contribution in [1.82, 2.24) is 10.6 Å². The molecule has 1 saturated carbocycles. The molecule has 74 valence electrons. The number of likely N-dealkylation sites (N-methyl/N-ethyl adjacent to an activating group) is 1. The molecule has 0 unspecified atom stereocenters. The molecule has 0 aromatic carbocycles. The number of nitrogens with one attached hydrogen (secondary N) is 2. The molecule has 13 heavy (non-hydrogen) atoms. The molecule has 0 atom stereocenters. The van der Waals surface area contributed by atoms with E-state index in [1.54, 1.807) is 6.92 Å². The third-order valence-corrected chi connectivity index (χ3v) is 2.25. The molecule has 0 aromatic rings. The summed E-state index contributed by atoms with van der Waals surface area (Å²) in [6, 6.07) is 0.213. The summed E-state index contributed by atoms with van der Waals surface area (Å²) in [4.78, 5) is 22.1. The Morgan fingerprint density at radius 1 is 1.31 bits per heavy atom. The molecule has 0 bridgehead atoms. The number of carbonyl (C=O) groups excluding carboxylic acids is 2. The SMILES string of the molecule is CCNC(=O)C(=O)NC1CC(C)C1. The molecular formula is C9H16N2O2. The standard InChI is InChI=1S/C9H16N2O2/c1-3-10-8(12)9(13)11-7-4-6(2)5-7/h6-7H,3-5H2,1-2H3,(H,10,12)(H,11,13). The Morgan fingerprint density at radius 3 is 2.38 bits per heavy atom. The molecule has 0 heterocycles. The van der Waals surface area contributed by atoms with Crippen LogP contribution < -0.4 is 10.6 Å². The summed E-state index contributed by atoms with van der Waals surface area (Å²) in [5.41, 5.74) is 0. The number of hydrogen-bond donors (Lipinski definition) is 2. The van der Waals surface area contributed by atoms with Gasteiger partial charge in [-0.2, -0.15) is 0 Å². The molecule has 1 fully saturated rings. The molecule has 4 heteroatoms. The fourth-order valence-corrected chi connectivity index (χ4v) is 1.51. The van der Waals surface area contributed by atoms with E-state index in [1.165, 1.54) is 0 Å². The maximum absolute atomic E-state index is 11.1. The average Bonchev–Trinajstić information content (AvgIpc) is 2.02. The second-order valence-electron chi connectivity index (χ2n) is 3.61. The lowest BCUT2D eigenvalue weighted by molar-refractivity contribution is -0.140. The van der Waals surface area contributed by atoms with Gasteiger partial charge in [-0.3, -0.25) is 9.59 Å². The van der Waals surface area contributed by atoms with Crippen LogP contribution in [-0.4, -0.2) is 24.4 Å². The Morgan fingerprint density at radius 2 is 1.92 bits per heavy atom. The first kappa shape index (κ1) is 10.0. The maximum Gasteiger partial charge on any atom is 0.309 e. The van der Waals surface area contributed by atoms with Crippen molar-refractivity contribution in [3.8, 4) is 0 Å². The van der Waals surface area contributed by atoms with Gasteiger partial charge in [-0.05, 0) is 25.7 Å². The summed E-state index contributed by atoms with van der Waals surface area (Å²) in [7, 11) is 0. The zero-order valence-corrected chi connectivity index (χ0v) is 8.09. The van der Waals surface area contributed by atoms with Crippen molar-refractivity contribution in [3.63, 3.8) is 0 Å². The Hall–Kier alpha value is -1.06. The van der Waals surface area contributed by atoms with Gasteiger partial charge in [0, 0.05) is 12.6 Å². The first-order chi connectivity index (χ1) is 6.13. The lowest BCUT2D eigenvalue weighted by atomic mass is 9.82. The first-order valence-electron chi connectivity index (χ1n) is 4.72. The van der Waals surface area contributed by atoms with Gasteiger partial charge < -0.3 is 10.6 Å². The highest BCUT2D eigenvalue weighted by Gasteiger charge is 2.28. The van der Waals surface area contributed by atoms with Crippen molar-refractivity contribution in [2.24, 2.45) is 5.92 Å². The number of rotatable bonds is 2. The van der Waals surface area contributed by atoms with Crippen molar-refractivity contribution >= 4 is 11.8 Å². The van der Waals surface area contributed by atoms with Gasteiger partial charge in [-0.15, -0.1) is 0 Å². The molecule has 1 aliphatic rings. The van der Waals surface area contributed by atoms with Gasteiger partial charge in [0.1, 0.15) is 0 Å². The Bertz CT molecular complexity index is 210. The van der Waals surface area contributed by atoms with Crippen LogP contribution in [0.15, 0.2) is 0 Å². The van der Waals surface area contributed by atoms with Crippen molar-refractivity contribution in [1.29, 1.82) is 0 Å². The first-order valence-corrected chi connectivity index (χ1v) is 4.72. The van der Waals surface area contributed by atoms with Crippen LogP contribution in [0.5, 0.6) is 0 Å². The van der Waals surface area contributed by atoms with Gasteiger partial charge in [0.05, 0.1) is 0 Å². The van der Waals surface area contributed by atoms with E-state index in [0.717, 1.165) is 12.8 Å². The van der Waals surface area contributed by atoms with E-state index in [-0.39, 0.29) is 6.04 Å². The minimum atomic E-state index is -0.526. The largest absolute Gasteiger partial charge is 0.348 e. The van der Waals surface area contributed by atoms with Crippen molar-refractivity contribution in [3.05, 3.63) is 0 Å². The molecule has 2 amide bonds. The minimum Gasteiger partial charge on any atom is -0.348 e. The fraction of sp³-hybridized carbons (Fsp3) is 0.778. The lowest BCUT2D eigenvalue weighted by Crippen LogP contribution is -2.49. The highest BCUT2D eigenvalue weighted by molar-refractivity contribution is 6.35. The Kier molecular flexibility index (Phi) is 3.28. The average molecular weight is 184 g/mol. The quantitative estimate of drug-likeness (QED) is 0.595. The second kappa shape index (κ2) is 4.25. The predicted molar refractivity (Wildman–Crippen MR) is 49.0 cm³/mol. The van der Waals surface area contributed by atoms with Crippen molar-refractivity contribution in [2.45, 2.75) is 32.7 Å². The van der Waals surface area contributed by atoms with Crippen LogP contribution in [0.1, 0.15) is 26.7 Å². The van der Waals surface area contributed by atoms with Crippen LogP contribution in [0.25, 0.3) is 0 Å².